The van der Waals surface area contributed by atoms with E-state index in [-0.39, 0.29) is 68.5 Å². The van der Waals surface area contributed by atoms with Crippen LogP contribution in [-0.2, 0) is 30.5 Å². The van der Waals surface area contributed by atoms with Gasteiger partial charge in [0, 0.05) is 35.3 Å². The molecule has 1 aromatic rings. The highest BCUT2D eigenvalue weighted by Gasteiger charge is 2.68. The van der Waals surface area contributed by atoms with E-state index in [9.17, 15) is 29.4 Å². The molecular weight excluding hydrogens is 554 g/mol. The highest BCUT2D eigenvalue weighted by Crippen LogP contribution is 2.67. The molecule has 0 bridgehead atoms. The number of Topliss-reactive ketones (excluding diaryl/α,β-unsaturated/α-hetero) is 1. The number of hydrogen-bond donors (Lipinski definition) is 3. The van der Waals surface area contributed by atoms with Crippen LogP contribution >= 0.6 is 0 Å². The molecule has 10 nitrogen and oxygen atoms in total. The molecule has 0 unspecified atom stereocenters. The molecule has 0 spiro atoms. The van der Waals surface area contributed by atoms with Gasteiger partial charge < -0.3 is 29.7 Å². The Morgan fingerprint density at radius 2 is 1.95 bits per heavy atom. The van der Waals surface area contributed by atoms with Gasteiger partial charge in [-0.2, -0.15) is 0 Å². The van der Waals surface area contributed by atoms with Crippen LogP contribution in [0.15, 0.2) is 42.0 Å². The Balaban J connectivity index is 1.03. The predicted molar refractivity (Wildman–Crippen MR) is 153 cm³/mol. The molecule has 0 radical (unpaired) electrons. The third kappa shape index (κ3) is 4.88. The molecular formula is C33H39NO9. The summed E-state index contributed by atoms with van der Waals surface area (Å²) in [5, 5.41) is 26.1. The van der Waals surface area contributed by atoms with Gasteiger partial charge >= 0.3 is 5.97 Å². The SMILES string of the molecule is C[C@]12C=CC(=O)C=C1CC[C@H]1[C@@H]2[C@H](O)C[C@@]2(C)[C@H]1CC[C@]2(O)C(=O)COC(=O)CCC(=O)NCc1cccc2c1OCO2. The lowest BCUT2D eigenvalue weighted by molar-refractivity contribution is -0.181. The number of ketones is 2. The van der Waals surface area contributed by atoms with Crippen LogP contribution in [0.25, 0.3) is 0 Å². The van der Waals surface area contributed by atoms with Gasteiger partial charge in [0.05, 0.1) is 12.5 Å². The van der Waals surface area contributed by atoms with Gasteiger partial charge in [-0.3, -0.25) is 19.2 Å². The molecule has 0 aromatic heterocycles. The van der Waals surface area contributed by atoms with Crippen LogP contribution in [0.1, 0.15) is 64.4 Å². The highest BCUT2D eigenvalue weighted by molar-refractivity contribution is 6.01. The topological polar surface area (TPSA) is 148 Å². The zero-order chi connectivity index (χ0) is 30.6. The standard InChI is InChI=1S/C33H39NO9/c1-31-12-10-21(35)14-20(31)6-7-22-23-11-13-33(40,32(23,2)15-24(36)29(22)31)26(37)17-41-28(39)9-8-27(38)34-16-19-4-3-5-25-30(19)43-18-42-25/h3-5,10,12,14,22-24,29,36,40H,6-9,11,13,15-18H2,1-2H3,(H,34,38)/t22-,23+,24-,29-,31+,32+,33+/m1/s1. The van der Waals surface area contributed by atoms with E-state index in [0.717, 1.165) is 24.0 Å². The fourth-order valence-corrected chi connectivity index (χ4v) is 8.75. The summed E-state index contributed by atoms with van der Waals surface area (Å²) < 4.78 is 16.0. The zero-order valence-corrected chi connectivity index (χ0v) is 24.6. The minimum Gasteiger partial charge on any atom is -0.458 e. The van der Waals surface area contributed by atoms with E-state index in [1.165, 1.54) is 0 Å². The molecule has 1 heterocycles. The molecule has 3 fully saturated rings. The number of hydrogen-bond acceptors (Lipinski definition) is 9. The number of aliphatic hydroxyl groups excluding tert-OH is 1. The summed E-state index contributed by atoms with van der Waals surface area (Å²) in [6, 6.07) is 5.40. The number of aliphatic hydroxyl groups is 2. The maximum atomic E-state index is 13.4. The third-order valence-electron chi connectivity index (χ3n) is 11.0. The van der Waals surface area contributed by atoms with Gasteiger partial charge in [-0.25, -0.2) is 0 Å². The van der Waals surface area contributed by atoms with E-state index < -0.39 is 40.9 Å². The van der Waals surface area contributed by atoms with E-state index in [1.54, 1.807) is 24.3 Å². The number of allylic oxidation sites excluding steroid dienone is 4. The first kappa shape index (κ1) is 29.6. The lowest BCUT2D eigenvalue weighted by Gasteiger charge is -2.59. The Kier molecular flexibility index (Phi) is 7.49. The minimum atomic E-state index is -1.74. The maximum absolute atomic E-state index is 13.4. The van der Waals surface area contributed by atoms with Gasteiger partial charge in [0.2, 0.25) is 18.5 Å². The molecule has 230 valence electrons. The van der Waals surface area contributed by atoms with Crippen molar-refractivity contribution in [3.8, 4) is 11.5 Å². The van der Waals surface area contributed by atoms with Crippen LogP contribution in [0.2, 0.25) is 0 Å². The van der Waals surface area contributed by atoms with Crippen molar-refractivity contribution >= 4 is 23.4 Å². The number of esters is 1. The normalized spacial score (nSPS) is 35.3. The van der Waals surface area contributed by atoms with Crippen molar-refractivity contribution in [2.24, 2.45) is 28.6 Å². The monoisotopic (exact) mass is 593 g/mol. The van der Waals surface area contributed by atoms with Crippen LogP contribution in [0.4, 0.5) is 0 Å². The third-order valence-corrected chi connectivity index (χ3v) is 11.0. The number of carbonyl (C=O) groups excluding carboxylic acids is 4. The van der Waals surface area contributed by atoms with Crippen LogP contribution in [0.5, 0.6) is 11.5 Å². The number of para-hydroxylation sites is 1. The van der Waals surface area contributed by atoms with E-state index in [0.29, 0.717) is 17.9 Å². The predicted octanol–water partition coefficient (Wildman–Crippen LogP) is 2.93. The fourth-order valence-electron chi connectivity index (χ4n) is 8.75. The van der Waals surface area contributed by atoms with Gasteiger partial charge in [-0.05, 0) is 62.2 Å². The van der Waals surface area contributed by atoms with Crippen LogP contribution in [0.3, 0.4) is 0 Å². The van der Waals surface area contributed by atoms with Crippen LogP contribution < -0.4 is 14.8 Å². The number of amides is 1. The number of rotatable bonds is 8. The molecule has 0 saturated heterocycles. The molecule has 1 aromatic carbocycles. The molecule has 6 rings (SSSR count). The summed E-state index contributed by atoms with van der Waals surface area (Å²) in [6.45, 7) is 3.70. The molecule has 7 atom stereocenters. The summed E-state index contributed by atoms with van der Waals surface area (Å²) in [6.07, 6.45) is 6.71. The molecule has 4 aliphatic carbocycles. The summed E-state index contributed by atoms with van der Waals surface area (Å²) >= 11 is 0. The Hall–Kier alpha value is -3.50. The van der Waals surface area contributed by atoms with Crippen molar-refractivity contribution in [2.75, 3.05) is 13.4 Å². The summed E-state index contributed by atoms with van der Waals surface area (Å²) in [5.74, 6) is -0.495. The van der Waals surface area contributed by atoms with E-state index in [4.69, 9.17) is 14.2 Å². The second-order valence-electron chi connectivity index (χ2n) is 13.1. The second kappa shape index (κ2) is 10.9. The van der Waals surface area contributed by atoms with Crippen molar-refractivity contribution in [3.05, 3.63) is 47.6 Å². The van der Waals surface area contributed by atoms with Crippen molar-refractivity contribution in [3.63, 3.8) is 0 Å². The maximum Gasteiger partial charge on any atom is 0.306 e. The van der Waals surface area contributed by atoms with Gasteiger partial charge in [0.15, 0.2) is 23.9 Å². The number of nitrogens with one attached hydrogen (secondary N) is 1. The lowest BCUT2D eigenvalue weighted by atomic mass is 9.46. The molecule has 5 aliphatic rings. The van der Waals surface area contributed by atoms with E-state index in [2.05, 4.69) is 12.2 Å². The van der Waals surface area contributed by atoms with E-state index >= 15 is 0 Å². The number of benzene rings is 1. The lowest BCUT2D eigenvalue weighted by Crippen LogP contribution is -2.61. The van der Waals surface area contributed by atoms with Gasteiger partial charge in [0.25, 0.3) is 0 Å². The van der Waals surface area contributed by atoms with Gasteiger partial charge in [0.1, 0.15) is 5.60 Å². The average Bonchev–Trinajstić information content (AvgIpc) is 3.56. The quantitative estimate of drug-likeness (QED) is 0.387. The Morgan fingerprint density at radius 1 is 1.14 bits per heavy atom. The van der Waals surface area contributed by atoms with Crippen LogP contribution in [-0.4, -0.2) is 58.8 Å². The number of carbonyl (C=O) groups is 4. The summed E-state index contributed by atoms with van der Waals surface area (Å²) in [4.78, 5) is 50.3. The Labute approximate surface area is 250 Å². The Bertz CT molecular complexity index is 1420. The largest absolute Gasteiger partial charge is 0.458 e. The molecule has 3 saturated carbocycles. The van der Waals surface area contributed by atoms with Crippen molar-refractivity contribution in [1.82, 2.24) is 5.32 Å². The molecule has 1 amide bonds. The second-order valence-corrected chi connectivity index (χ2v) is 13.1. The first-order valence-corrected chi connectivity index (χ1v) is 15.1. The average molecular weight is 594 g/mol. The zero-order valence-electron chi connectivity index (χ0n) is 24.6. The van der Waals surface area contributed by atoms with Crippen molar-refractivity contribution in [2.45, 2.75) is 77.0 Å². The number of ether oxygens (including phenoxy) is 3. The fraction of sp³-hybridized carbons (Fsp3) is 0.576. The van der Waals surface area contributed by atoms with Gasteiger partial charge in [-0.1, -0.05) is 37.6 Å². The minimum absolute atomic E-state index is 0.00135. The number of fused-ring (bicyclic) bond motifs is 6. The van der Waals surface area contributed by atoms with Gasteiger partial charge in [-0.15, -0.1) is 0 Å². The van der Waals surface area contributed by atoms with Crippen molar-refractivity contribution < 1.29 is 43.6 Å². The summed E-state index contributed by atoms with van der Waals surface area (Å²) in [5.41, 5.74) is -1.25. The molecule has 1 aliphatic heterocycles. The first-order chi connectivity index (χ1) is 20.5. The smallest absolute Gasteiger partial charge is 0.306 e. The molecule has 10 heteroatoms. The summed E-state index contributed by atoms with van der Waals surface area (Å²) in [7, 11) is 0. The first-order valence-electron chi connectivity index (χ1n) is 15.1. The van der Waals surface area contributed by atoms with Crippen LogP contribution in [0, 0.1) is 28.6 Å². The highest BCUT2D eigenvalue weighted by atomic mass is 16.7. The molecule has 3 N–H and O–H groups in total. The van der Waals surface area contributed by atoms with Crippen molar-refractivity contribution in [1.29, 1.82) is 0 Å². The molecule has 43 heavy (non-hydrogen) atoms. The van der Waals surface area contributed by atoms with E-state index in [1.807, 2.05) is 19.1 Å². The Morgan fingerprint density at radius 3 is 2.77 bits per heavy atom.